The minimum atomic E-state index is 0.795. The predicted molar refractivity (Wildman–Crippen MR) is 80.2 cm³/mol. The second-order valence-corrected chi connectivity index (χ2v) is 4.65. The summed E-state index contributed by atoms with van der Waals surface area (Å²) in [6, 6.07) is 14.2. The molecule has 0 spiro atoms. The van der Waals surface area contributed by atoms with Gasteiger partial charge in [-0.1, -0.05) is 23.7 Å². The van der Waals surface area contributed by atoms with Gasteiger partial charge >= 0.3 is 0 Å². The highest BCUT2D eigenvalue weighted by molar-refractivity contribution is 6.31. The molecule has 1 N–H and O–H groups in total. The average molecular weight is 261 g/mol. The van der Waals surface area contributed by atoms with Crippen molar-refractivity contribution in [3.8, 4) is 0 Å². The first-order valence-electron chi connectivity index (χ1n) is 5.90. The van der Waals surface area contributed by atoms with E-state index >= 15 is 0 Å². The molecule has 18 heavy (non-hydrogen) atoms. The normalized spacial score (nSPS) is 10.2. The van der Waals surface area contributed by atoms with E-state index in [-0.39, 0.29) is 0 Å². The van der Waals surface area contributed by atoms with Gasteiger partial charge in [-0.2, -0.15) is 0 Å². The van der Waals surface area contributed by atoms with Gasteiger partial charge in [0.1, 0.15) is 0 Å². The van der Waals surface area contributed by atoms with Gasteiger partial charge in [-0.25, -0.2) is 0 Å². The highest BCUT2D eigenvalue weighted by atomic mass is 35.5. The van der Waals surface area contributed by atoms with E-state index in [0.29, 0.717) is 0 Å². The predicted octanol–water partition coefficient (Wildman–Crippen LogP) is 4.46. The maximum Gasteiger partial charge on any atom is 0.0455 e. The molecule has 0 radical (unpaired) electrons. The number of halogens is 1. The zero-order valence-corrected chi connectivity index (χ0v) is 11.6. The minimum Gasteiger partial charge on any atom is -0.388 e. The lowest BCUT2D eigenvalue weighted by atomic mass is 10.1. The van der Waals surface area contributed by atoms with Gasteiger partial charge < -0.3 is 10.2 Å². The van der Waals surface area contributed by atoms with E-state index in [4.69, 9.17) is 11.6 Å². The van der Waals surface area contributed by atoms with Crippen molar-refractivity contribution in [2.75, 3.05) is 24.3 Å². The number of rotatable bonds is 3. The van der Waals surface area contributed by atoms with Gasteiger partial charge in [-0.05, 0) is 42.8 Å². The maximum absolute atomic E-state index is 6.16. The lowest BCUT2D eigenvalue weighted by molar-refractivity contribution is 1.18. The van der Waals surface area contributed by atoms with E-state index in [1.165, 1.54) is 0 Å². The number of nitrogens with one attached hydrogen (secondary N) is 1. The quantitative estimate of drug-likeness (QED) is 0.877. The lowest BCUT2D eigenvalue weighted by Crippen LogP contribution is -2.11. The van der Waals surface area contributed by atoms with Crippen LogP contribution < -0.4 is 10.2 Å². The van der Waals surface area contributed by atoms with Gasteiger partial charge in [-0.15, -0.1) is 0 Å². The number of hydrogen-bond donors (Lipinski definition) is 1. The van der Waals surface area contributed by atoms with Crippen LogP contribution in [0.25, 0.3) is 0 Å². The van der Waals surface area contributed by atoms with Crippen molar-refractivity contribution < 1.29 is 0 Å². The Balaban J connectivity index is 2.41. The lowest BCUT2D eigenvalue weighted by Gasteiger charge is -2.22. The largest absolute Gasteiger partial charge is 0.388 e. The van der Waals surface area contributed by atoms with Crippen molar-refractivity contribution in [3.05, 3.63) is 53.1 Å². The molecule has 0 aliphatic carbocycles. The summed E-state index contributed by atoms with van der Waals surface area (Å²) in [5, 5.41) is 3.94. The highest BCUT2D eigenvalue weighted by Crippen LogP contribution is 2.31. The number of benzene rings is 2. The van der Waals surface area contributed by atoms with Crippen molar-refractivity contribution in [2.24, 2.45) is 0 Å². The Morgan fingerprint density at radius 2 is 1.83 bits per heavy atom. The van der Waals surface area contributed by atoms with Gasteiger partial charge in [0.15, 0.2) is 0 Å². The summed E-state index contributed by atoms with van der Waals surface area (Å²) in [7, 11) is 3.97. The van der Waals surface area contributed by atoms with Crippen LogP contribution in [0.3, 0.4) is 0 Å². The summed E-state index contributed by atoms with van der Waals surface area (Å²) in [5.41, 5.74) is 4.44. The first-order chi connectivity index (χ1) is 8.63. The van der Waals surface area contributed by atoms with Crippen LogP contribution in [0.15, 0.2) is 42.5 Å². The molecule has 0 bridgehead atoms. The van der Waals surface area contributed by atoms with Gasteiger partial charge in [-0.3, -0.25) is 0 Å². The average Bonchev–Trinajstić information content (AvgIpc) is 2.41. The van der Waals surface area contributed by atoms with Crippen molar-refractivity contribution in [1.82, 2.24) is 0 Å². The summed E-state index contributed by atoms with van der Waals surface area (Å²) in [6.45, 7) is 2.04. The Labute approximate surface area is 113 Å². The molecule has 0 aromatic heterocycles. The Kier molecular flexibility index (Phi) is 3.78. The molecular formula is C15H17ClN2. The monoisotopic (exact) mass is 260 g/mol. The van der Waals surface area contributed by atoms with E-state index in [1.54, 1.807) is 0 Å². The summed E-state index contributed by atoms with van der Waals surface area (Å²) in [4.78, 5) is 2.14. The Morgan fingerprint density at radius 1 is 1.11 bits per heavy atom. The smallest absolute Gasteiger partial charge is 0.0455 e. The Morgan fingerprint density at radius 3 is 2.56 bits per heavy atom. The molecule has 2 rings (SSSR count). The zero-order chi connectivity index (χ0) is 13.1. The molecule has 0 aliphatic rings. The fourth-order valence-corrected chi connectivity index (χ4v) is 2.14. The molecular weight excluding hydrogens is 244 g/mol. The van der Waals surface area contributed by atoms with Crippen LogP contribution >= 0.6 is 11.6 Å². The van der Waals surface area contributed by atoms with Crippen LogP contribution in [0.1, 0.15) is 5.56 Å². The number of nitrogens with zero attached hydrogens (tertiary/aromatic N) is 1. The van der Waals surface area contributed by atoms with E-state index < -0.39 is 0 Å². The van der Waals surface area contributed by atoms with E-state index in [9.17, 15) is 0 Å². The van der Waals surface area contributed by atoms with E-state index in [0.717, 1.165) is 27.6 Å². The van der Waals surface area contributed by atoms with Crippen molar-refractivity contribution in [1.29, 1.82) is 0 Å². The third-order valence-electron chi connectivity index (χ3n) is 3.12. The van der Waals surface area contributed by atoms with Crippen LogP contribution in [-0.2, 0) is 0 Å². The van der Waals surface area contributed by atoms with Crippen molar-refractivity contribution in [2.45, 2.75) is 6.92 Å². The molecule has 2 aromatic carbocycles. The molecule has 0 atom stereocenters. The fraction of sp³-hybridized carbons (Fsp3) is 0.200. The maximum atomic E-state index is 6.16. The molecule has 0 saturated heterocycles. The van der Waals surface area contributed by atoms with Gasteiger partial charge in [0, 0.05) is 36.2 Å². The molecule has 3 heteroatoms. The standard InChI is InChI=1S/C15H17ClN2/c1-11-14(16)8-5-9-15(11)18(3)13-7-4-6-12(10-13)17-2/h4-10,17H,1-3H3. The first-order valence-corrected chi connectivity index (χ1v) is 6.28. The number of anilines is 3. The summed E-state index contributed by atoms with van der Waals surface area (Å²) >= 11 is 6.16. The van der Waals surface area contributed by atoms with E-state index in [1.807, 2.05) is 45.3 Å². The molecule has 0 amide bonds. The summed E-state index contributed by atoms with van der Waals surface area (Å²) in [6.07, 6.45) is 0. The third-order valence-corrected chi connectivity index (χ3v) is 3.53. The second-order valence-electron chi connectivity index (χ2n) is 4.24. The Hall–Kier alpha value is -1.67. The van der Waals surface area contributed by atoms with Gasteiger partial charge in [0.05, 0.1) is 0 Å². The third kappa shape index (κ3) is 2.44. The SMILES string of the molecule is CNc1cccc(N(C)c2cccc(Cl)c2C)c1. The summed E-state index contributed by atoms with van der Waals surface area (Å²) in [5.74, 6) is 0. The van der Waals surface area contributed by atoms with Crippen molar-refractivity contribution in [3.63, 3.8) is 0 Å². The molecule has 0 unspecified atom stereocenters. The van der Waals surface area contributed by atoms with Crippen LogP contribution in [0.2, 0.25) is 5.02 Å². The fourth-order valence-electron chi connectivity index (χ4n) is 1.97. The van der Waals surface area contributed by atoms with E-state index in [2.05, 4.69) is 28.4 Å². The first kappa shape index (κ1) is 12.8. The molecule has 0 heterocycles. The van der Waals surface area contributed by atoms with Crippen LogP contribution in [0.4, 0.5) is 17.1 Å². The van der Waals surface area contributed by atoms with Crippen LogP contribution in [0, 0.1) is 6.92 Å². The molecule has 94 valence electrons. The topological polar surface area (TPSA) is 15.3 Å². The van der Waals surface area contributed by atoms with Crippen LogP contribution in [-0.4, -0.2) is 14.1 Å². The summed E-state index contributed by atoms with van der Waals surface area (Å²) < 4.78 is 0. The number of hydrogen-bond acceptors (Lipinski definition) is 2. The zero-order valence-electron chi connectivity index (χ0n) is 10.9. The van der Waals surface area contributed by atoms with Gasteiger partial charge in [0.2, 0.25) is 0 Å². The van der Waals surface area contributed by atoms with Crippen molar-refractivity contribution >= 4 is 28.7 Å². The molecule has 2 aromatic rings. The Bertz CT molecular complexity index is 552. The molecule has 0 fully saturated rings. The molecule has 0 aliphatic heterocycles. The minimum absolute atomic E-state index is 0.795. The second kappa shape index (κ2) is 5.32. The van der Waals surface area contributed by atoms with Gasteiger partial charge in [0.25, 0.3) is 0 Å². The highest BCUT2D eigenvalue weighted by Gasteiger charge is 2.09. The molecule has 2 nitrogen and oxygen atoms in total. The van der Waals surface area contributed by atoms with Crippen LogP contribution in [0.5, 0.6) is 0 Å². The molecule has 0 saturated carbocycles.